The Hall–Kier alpha value is -1.69. The summed E-state index contributed by atoms with van der Waals surface area (Å²) in [6.07, 6.45) is 3.35. The number of aromatic nitrogens is 3. The molecule has 1 fully saturated rings. The molecule has 2 heterocycles. The molecule has 0 spiro atoms. The van der Waals surface area contributed by atoms with Gasteiger partial charge in [-0.05, 0) is 26.7 Å². The predicted octanol–water partition coefficient (Wildman–Crippen LogP) is 3.12. The average molecular weight is 303 g/mol. The lowest BCUT2D eigenvalue weighted by atomic mass is 10.2. The first kappa shape index (κ1) is 14.3. The maximum Gasteiger partial charge on any atom is 0.136 e. The molecule has 1 saturated carbocycles. The van der Waals surface area contributed by atoms with Crippen LogP contribution in [0.1, 0.15) is 40.8 Å². The lowest BCUT2D eigenvalue weighted by molar-refractivity contribution is 0.905. The Bertz CT molecular complexity index is 633. The Morgan fingerprint density at radius 2 is 1.95 bits per heavy atom. The molecule has 2 aromatic rings. The van der Waals surface area contributed by atoms with Crippen molar-refractivity contribution in [2.45, 2.75) is 39.0 Å². The minimum absolute atomic E-state index is 0.555. The molecule has 0 aliphatic heterocycles. The Labute approximate surface area is 129 Å². The molecule has 112 valence electrons. The number of nitrogens with zero attached hydrogens (tertiary/aromatic N) is 3. The molecule has 0 unspecified atom stereocenters. The molecule has 2 N–H and O–H groups in total. The predicted molar refractivity (Wildman–Crippen MR) is 87.3 cm³/mol. The zero-order valence-electron chi connectivity index (χ0n) is 12.7. The van der Waals surface area contributed by atoms with Crippen LogP contribution in [0.4, 0.5) is 11.6 Å². The summed E-state index contributed by atoms with van der Waals surface area (Å²) in [5.41, 5.74) is 2.18. The zero-order chi connectivity index (χ0) is 14.8. The molecule has 6 heteroatoms. The number of hydrogen-bond acceptors (Lipinski definition) is 6. The van der Waals surface area contributed by atoms with Gasteiger partial charge in [0.05, 0.1) is 5.01 Å². The highest BCUT2D eigenvalue weighted by atomic mass is 32.1. The quantitative estimate of drug-likeness (QED) is 0.858. The summed E-state index contributed by atoms with van der Waals surface area (Å²) in [6, 6.07) is 0. The second-order valence-electron chi connectivity index (χ2n) is 5.49. The topological polar surface area (TPSA) is 62.7 Å². The molecule has 3 rings (SSSR count). The van der Waals surface area contributed by atoms with Crippen molar-refractivity contribution in [1.82, 2.24) is 15.0 Å². The van der Waals surface area contributed by atoms with E-state index in [9.17, 15) is 0 Å². The van der Waals surface area contributed by atoms with Crippen molar-refractivity contribution >= 4 is 23.0 Å². The number of nitrogens with one attached hydrogen (secondary N) is 2. The third kappa shape index (κ3) is 3.32. The molecule has 2 aromatic heterocycles. The summed E-state index contributed by atoms with van der Waals surface area (Å²) in [5.74, 6) is 3.40. The molecule has 0 aromatic carbocycles. The first-order chi connectivity index (χ1) is 10.2. The van der Waals surface area contributed by atoms with Gasteiger partial charge < -0.3 is 10.6 Å². The monoisotopic (exact) mass is 303 g/mol. The number of aryl methyl sites for hydroxylation is 1. The van der Waals surface area contributed by atoms with E-state index in [0.29, 0.717) is 5.92 Å². The van der Waals surface area contributed by atoms with E-state index in [-0.39, 0.29) is 0 Å². The summed E-state index contributed by atoms with van der Waals surface area (Å²) < 4.78 is 0. The Morgan fingerprint density at radius 1 is 1.19 bits per heavy atom. The van der Waals surface area contributed by atoms with Crippen LogP contribution in [0.25, 0.3) is 0 Å². The van der Waals surface area contributed by atoms with Crippen LogP contribution in [-0.2, 0) is 6.42 Å². The van der Waals surface area contributed by atoms with Crippen LogP contribution >= 0.6 is 11.3 Å². The fraction of sp³-hybridized carbons (Fsp3) is 0.533. The SMILES string of the molecule is CNc1nc(C2CC2)nc(NCCc2nc(C)cs2)c1C. The van der Waals surface area contributed by atoms with Gasteiger partial charge >= 0.3 is 0 Å². The van der Waals surface area contributed by atoms with Crippen molar-refractivity contribution < 1.29 is 0 Å². The van der Waals surface area contributed by atoms with Crippen molar-refractivity contribution in [2.75, 3.05) is 24.2 Å². The molecule has 0 saturated heterocycles. The highest BCUT2D eigenvalue weighted by Crippen LogP contribution is 2.39. The summed E-state index contributed by atoms with van der Waals surface area (Å²) in [5, 5.41) is 9.87. The van der Waals surface area contributed by atoms with Crippen molar-refractivity contribution in [1.29, 1.82) is 0 Å². The van der Waals surface area contributed by atoms with Crippen molar-refractivity contribution in [3.63, 3.8) is 0 Å². The largest absolute Gasteiger partial charge is 0.373 e. The lowest BCUT2D eigenvalue weighted by Gasteiger charge is -2.13. The number of anilines is 2. The zero-order valence-corrected chi connectivity index (χ0v) is 13.5. The van der Waals surface area contributed by atoms with E-state index in [0.717, 1.165) is 41.7 Å². The van der Waals surface area contributed by atoms with Crippen LogP contribution in [0.15, 0.2) is 5.38 Å². The van der Waals surface area contributed by atoms with Crippen molar-refractivity contribution in [2.24, 2.45) is 0 Å². The summed E-state index contributed by atoms with van der Waals surface area (Å²) >= 11 is 1.72. The van der Waals surface area contributed by atoms with E-state index < -0.39 is 0 Å². The number of rotatable bonds is 6. The Kier molecular flexibility index (Phi) is 4.05. The summed E-state index contributed by atoms with van der Waals surface area (Å²) in [4.78, 5) is 13.8. The first-order valence-corrected chi connectivity index (χ1v) is 8.26. The van der Waals surface area contributed by atoms with Crippen LogP contribution in [-0.4, -0.2) is 28.5 Å². The molecule has 1 aliphatic rings. The smallest absolute Gasteiger partial charge is 0.136 e. The van der Waals surface area contributed by atoms with Gasteiger partial charge in [-0.25, -0.2) is 15.0 Å². The normalized spacial score (nSPS) is 14.2. The van der Waals surface area contributed by atoms with Crippen LogP contribution in [0.5, 0.6) is 0 Å². The standard InChI is InChI=1S/C15H21N5S/c1-9-8-21-12(18-9)6-7-17-14-10(2)13(16-3)19-15(20-14)11-4-5-11/h8,11H,4-7H2,1-3H3,(H2,16,17,19,20). The molecule has 0 bridgehead atoms. The van der Waals surface area contributed by atoms with E-state index in [1.165, 1.54) is 17.8 Å². The van der Waals surface area contributed by atoms with Crippen LogP contribution in [0, 0.1) is 13.8 Å². The van der Waals surface area contributed by atoms with Crippen LogP contribution in [0.3, 0.4) is 0 Å². The second kappa shape index (κ2) is 5.97. The fourth-order valence-electron chi connectivity index (χ4n) is 2.28. The number of thiazole rings is 1. The van der Waals surface area contributed by atoms with Gasteiger partial charge in [0.15, 0.2) is 0 Å². The van der Waals surface area contributed by atoms with E-state index in [1.807, 2.05) is 14.0 Å². The van der Waals surface area contributed by atoms with Crippen LogP contribution < -0.4 is 10.6 Å². The summed E-state index contributed by atoms with van der Waals surface area (Å²) in [7, 11) is 1.91. The van der Waals surface area contributed by atoms with Gasteiger partial charge in [0.1, 0.15) is 17.5 Å². The van der Waals surface area contributed by atoms with Gasteiger partial charge in [-0.15, -0.1) is 11.3 Å². The highest BCUT2D eigenvalue weighted by Gasteiger charge is 2.28. The maximum absolute atomic E-state index is 4.70. The highest BCUT2D eigenvalue weighted by molar-refractivity contribution is 7.09. The minimum atomic E-state index is 0.555. The maximum atomic E-state index is 4.70. The Morgan fingerprint density at radius 3 is 2.57 bits per heavy atom. The van der Waals surface area contributed by atoms with Crippen LogP contribution in [0.2, 0.25) is 0 Å². The minimum Gasteiger partial charge on any atom is -0.373 e. The van der Waals surface area contributed by atoms with Gasteiger partial charge in [0, 0.05) is 42.6 Å². The van der Waals surface area contributed by atoms with Gasteiger partial charge in [-0.1, -0.05) is 0 Å². The van der Waals surface area contributed by atoms with E-state index in [2.05, 4.69) is 32.9 Å². The van der Waals surface area contributed by atoms with Gasteiger partial charge in [-0.2, -0.15) is 0 Å². The lowest BCUT2D eigenvalue weighted by Crippen LogP contribution is -2.11. The summed E-state index contributed by atoms with van der Waals surface area (Å²) in [6.45, 7) is 4.93. The van der Waals surface area contributed by atoms with E-state index in [4.69, 9.17) is 4.98 Å². The van der Waals surface area contributed by atoms with Gasteiger partial charge in [0.2, 0.25) is 0 Å². The average Bonchev–Trinajstić information content (AvgIpc) is 3.24. The molecule has 5 nitrogen and oxygen atoms in total. The third-order valence-electron chi connectivity index (χ3n) is 3.64. The number of hydrogen-bond donors (Lipinski definition) is 2. The molecular formula is C15H21N5S. The molecule has 1 aliphatic carbocycles. The van der Waals surface area contributed by atoms with E-state index in [1.54, 1.807) is 11.3 Å². The van der Waals surface area contributed by atoms with Gasteiger partial charge in [0.25, 0.3) is 0 Å². The Balaban J connectivity index is 1.70. The third-order valence-corrected chi connectivity index (χ3v) is 4.67. The van der Waals surface area contributed by atoms with Crippen molar-refractivity contribution in [3.05, 3.63) is 27.5 Å². The fourth-order valence-corrected chi connectivity index (χ4v) is 3.05. The molecule has 21 heavy (non-hydrogen) atoms. The van der Waals surface area contributed by atoms with Gasteiger partial charge in [-0.3, -0.25) is 0 Å². The molecule has 0 amide bonds. The first-order valence-electron chi connectivity index (χ1n) is 7.38. The van der Waals surface area contributed by atoms with E-state index >= 15 is 0 Å². The molecule has 0 atom stereocenters. The van der Waals surface area contributed by atoms with Crippen molar-refractivity contribution in [3.8, 4) is 0 Å². The molecular weight excluding hydrogens is 282 g/mol. The molecule has 0 radical (unpaired) electrons. The second-order valence-corrected chi connectivity index (χ2v) is 6.43.